The molecule has 0 aliphatic carbocycles. The van der Waals surface area contributed by atoms with E-state index in [4.69, 9.17) is 33.3 Å². The fourth-order valence-corrected chi connectivity index (χ4v) is 0. The smallest absolute Gasteiger partial charge is 0.185 e. The molecule has 0 radical (unpaired) electrons. The van der Waals surface area contributed by atoms with Gasteiger partial charge in [-0.15, -0.1) is 0 Å². The first-order valence-corrected chi connectivity index (χ1v) is 5.19. The molecule has 0 aromatic heterocycles. The summed E-state index contributed by atoms with van der Waals surface area (Å²) in [5.41, 5.74) is 32.4. The van der Waals surface area contributed by atoms with Crippen molar-refractivity contribution in [2.45, 2.75) is 14.4 Å². The fraction of sp³-hybridized carbons (Fsp3) is 0.700. The molecule has 0 saturated heterocycles. The van der Waals surface area contributed by atoms with Gasteiger partial charge >= 0.3 is 0 Å². The van der Waals surface area contributed by atoms with Crippen LogP contribution in [-0.2, 0) is 0 Å². The van der Waals surface area contributed by atoms with Crippen LogP contribution in [0, 0.1) is 11.5 Å². The zero-order valence-electron chi connectivity index (χ0n) is 13.0. The molecule has 0 atom stereocenters. The number of nitrogens with zero attached hydrogens (tertiary/aromatic N) is 3. The number of aliphatic hydroxyl groups is 1. The van der Waals surface area contributed by atoms with Crippen LogP contribution in [0.3, 0.4) is 0 Å². The van der Waals surface area contributed by atoms with Gasteiger partial charge in [0.1, 0.15) is 0 Å². The number of aliphatic hydroxyl groups excluding tert-OH is 1. The van der Waals surface area contributed by atoms with E-state index in [0.717, 1.165) is 0 Å². The first-order valence-electron chi connectivity index (χ1n) is 5.19. The van der Waals surface area contributed by atoms with Gasteiger partial charge in [0.2, 0.25) is 0 Å². The molecule has 0 aromatic rings. The van der Waals surface area contributed by atoms with Crippen molar-refractivity contribution in [1.29, 1.82) is 5.26 Å². The molecule has 11 nitrogen and oxygen atoms in total. The average molecular weight is 312 g/mol. The molecule has 0 aliphatic rings. The van der Waals surface area contributed by atoms with Crippen LogP contribution in [0.4, 0.5) is 0 Å². The zero-order chi connectivity index (χ0) is 18.0. The van der Waals surface area contributed by atoms with Crippen molar-refractivity contribution in [2.75, 3.05) is 34.8 Å². The largest absolute Gasteiger partial charge is 0.397 e. The Morgan fingerprint density at radius 3 is 1.00 bits per heavy atom. The van der Waals surface area contributed by atoms with Crippen LogP contribution in [0.1, 0.15) is 14.4 Å². The van der Waals surface area contributed by atoms with Gasteiger partial charge in [-0.1, -0.05) is 7.43 Å². The van der Waals surface area contributed by atoms with E-state index >= 15 is 0 Å². The number of guanidine groups is 2. The second kappa shape index (κ2) is 83.2. The second-order valence-electron chi connectivity index (χ2n) is 1.74. The number of hydrogen-bond acceptors (Lipinski definition) is 7. The maximum absolute atomic E-state index is 7.57. The van der Waals surface area contributed by atoms with E-state index in [2.05, 4.69) is 27.2 Å². The Morgan fingerprint density at radius 1 is 0.952 bits per heavy atom. The average Bonchev–Trinajstić information content (AvgIpc) is 2.45. The van der Waals surface area contributed by atoms with Gasteiger partial charge < -0.3 is 45.2 Å². The Labute approximate surface area is 128 Å². The third kappa shape index (κ3) is 1490. The molecular weight excluding hydrogens is 276 g/mol. The van der Waals surface area contributed by atoms with E-state index in [1.165, 1.54) is 34.4 Å². The van der Waals surface area contributed by atoms with Crippen molar-refractivity contribution >= 4 is 11.9 Å². The summed E-state index contributed by atoms with van der Waals surface area (Å²) in [6.45, 7) is 1.93. The van der Waals surface area contributed by atoms with Crippen LogP contribution < -0.4 is 40.1 Å². The Balaban J connectivity index is -0.0000000232. The summed E-state index contributed by atoms with van der Waals surface area (Å²) in [7, 11) is 6.07. The number of nitriles is 1. The molecule has 0 unspecified atom stereocenters. The second-order valence-corrected chi connectivity index (χ2v) is 1.74. The summed E-state index contributed by atoms with van der Waals surface area (Å²) < 4.78 is 0. The first kappa shape index (κ1) is 42.8. The molecule has 0 fully saturated rings. The van der Waals surface area contributed by atoms with Crippen molar-refractivity contribution in [1.82, 2.24) is 0 Å². The molecule has 21 heavy (non-hydrogen) atoms. The van der Waals surface area contributed by atoms with Gasteiger partial charge in [-0.25, -0.2) is 0 Å². The fourth-order valence-electron chi connectivity index (χ4n) is 0. The van der Waals surface area contributed by atoms with E-state index in [1.807, 2.05) is 0 Å². The molecule has 0 amide bonds. The zero-order valence-corrected chi connectivity index (χ0v) is 13.0. The first-order chi connectivity index (χ1) is 9.37. The SMILES string of the molecule is C.CCO.CN.CN.CN=C(N)N.CN=C(N)N.N#CN. The maximum Gasteiger partial charge on any atom is 0.185 e. The third-order valence-corrected chi connectivity index (χ3v) is 0.516. The third-order valence-electron chi connectivity index (χ3n) is 0.516. The molecule has 0 spiro atoms. The highest BCUT2D eigenvalue weighted by atomic mass is 16.2. The summed E-state index contributed by atoms with van der Waals surface area (Å²) >= 11 is 0. The predicted octanol–water partition coefficient (Wildman–Crippen LogP) is -3.01. The highest BCUT2D eigenvalue weighted by Crippen LogP contribution is 1.40. The van der Waals surface area contributed by atoms with Crippen molar-refractivity contribution in [3.63, 3.8) is 0 Å². The van der Waals surface area contributed by atoms with E-state index in [-0.39, 0.29) is 26.0 Å². The minimum atomic E-state index is 0. The van der Waals surface area contributed by atoms with Crippen LogP contribution >= 0.6 is 0 Å². The van der Waals surface area contributed by atoms with Gasteiger partial charge in [-0.3, -0.25) is 9.98 Å². The van der Waals surface area contributed by atoms with Crippen molar-refractivity contribution < 1.29 is 5.11 Å². The predicted molar refractivity (Wildman–Crippen MR) is 93.0 cm³/mol. The van der Waals surface area contributed by atoms with Crippen LogP contribution in [0.2, 0.25) is 0 Å². The van der Waals surface area contributed by atoms with Crippen LogP contribution in [0.25, 0.3) is 0 Å². The van der Waals surface area contributed by atoms with Gasteiger partial charge in [-0.2, -0.15) is 5.26 Å². The number of aliphatic imine (C=N–C) groups is 2. The lowest BCUT2D eigenvalue weighted by molar-refractivity contribution is 0.318. The van der Waals surface area contributed by atoms with Crippen molar-refractivity contribution in [2.24, 2.45) is 50.1 Å². The molecule has 11 heteroatoms. The molecule has 0 aromatic carbocycles. The Morgan fingerprint density at radius 2 is 1.00 bits per heavy atom. The Bertz CT molecular complexity index is 188. The van der Waals surface area contributed by atoms with Crippen molar-refractivity contribution in [3.05, 3.63) is 0 Å². The lowest BCUT2D eigenvalue weighted by Gasteiger charge is -1.77. The lowest BCUT2D eigenvalue weighted by atomic mass is 10.9. The monoisotopic (exact) mass is 312 g/mol. The summed E-state index contributed by atoms with van der Waals surface area (Å²) in [6.07, 6.45) is 1.25. The van der Waals surface area contributed by atoms with Crippen LogP contribution in [0.5, 0.6) is 0 Å². The normalized spacial score (nSPS) is 4.90. The minimum absolute atomic E-state index is 0. The van der Waals surface area contributed by atoms with Crippen molar-refractivity contribution in [3.8, 4) is 6.19 Å². The highest BCUT2D eigenvalue weighted by Gasteiger charge is 1.61. The van der Waals surface area contributed by atoms with Gasteiger partial charge in [0.15, 0.2) is 18.1 Å². The van der Waals surface area contributed by atoms with Gasteiger partial charge in [0, 0.05) is 20.7 Å². The quantitative estimate of drug-likeness (QED) is 0.0978. The molecule has 0 rings (SSSR count). The standard InChI is InChI=1S/2C2H7N3.C2H6O.CH2N2.2CH5N.CH4/c2*1-5-2(3)4;1-2-3;2-1-3;2*1-2;/h2*1H3,(H4,3,4,5);3H,2H2,1H3;2H2;2*2H2,1H3;1H4. The molecule has 0 aliphatic heterocycles. The number of nitrogens with two attached hydrogens (primary N) is 7. The topological polar surface area (TPSA) is 251 Å². The Kier molecular flexibility index (Phi) is 170. The lowest BCUT2D eigenvalue weighted by Crippen LogP contribution is -2.21. The molecule has 132 valence electrons. The van der Waals surface area contributed by atoms with E-state index in [9.17, 15) is 0 Å². The molecular formula is C10H36N10O. The van der Waals surface area contributed by atoms with Crippen LogP contribution in [0.15, 0.2) is 9.98 Å². The highest BCUT2D eigenvalue weighted by molar-refractivity contribution is 5.75. The summed E-state index contributed by atoms with van der Waals surface area (Å²) in [5, 5.41) is 14.7. The molecule has 0 saturated carbocycles. The summed E-state index contributed by atoms with van der Waals surface area (Å²) in [6, 6.07) is 0. The van der Waals surface area contributed by atoms with E-state index < -0.39 is 0 Å². The summed E-state index contributed by atoms with van der Waals surface area (Å²) in [5.74, 6) is 0.259. The number of rotatable bonds is 0. The van der Waals surface area contributed by atoms with Gasteiger partial charge in [0.25, 0.3) is 0 Å². The van der Waals surface area contributed by atoms with E-state index in [1.54, 1.807) is 6.92 Å². The van der Waals surface area contributed by atoms with Gasteiger partial charge in [-0.05, 0) is 21.0 Å². The molecule has 0 heterocycles. The Hall–Kier alpha value is -2.29. The van der Waals surface area contributed by atoms with Gasteiger partial charge in [0.05, 0.1) is 0 Å². The maximum atomic E-state index is 7.57. The minimum Gasteiger partial charge on any atom is -0.397 e. The number of hydrogen-bond donors (Lipinski definition) is 8. The molecule has 0 bridgehead atoms. The summed E-state index contributed by atoms with van der Waals surface area (Å²) in [4.78, 5) is 6.72. The van der Waals surface area contributed by atoms with Crippen LogP contribution in [-0.4, -0.2) is 51.8 Å². The molecule has 15 N–H and O–H groups in total. The van der Waals surface area contributed by atoms with E-state index in [0.29, 0.717) is 0 Å².